The first-order chi connectivity index (χ1) is 6.04. The molecule has 0 aliphatic heterocycles. The van der Waals surface area contributed by atoms with Gasteiger partial charge >= 0.3 is 6.09 Å². The first-order valence-electron chi connectivity index (χ1n) is 4.02. The predicted molar refractivity (Wildman–Crippen MR) is 53.0 cm³/mol. The summed E-state index contributed by atoms with van der Waals surface area (Å²) in [6.45, 7) is 3.71. The molecule has 13 heavy (non-hydrogen) atoms. The average Bonchev–Trinajstić information content (AvgIpc) is 2.14. The van der Waals surface area contributed by atoms with Crippen LogP contribution in [0.25, 0.3) is 0 Å². The van der Waals surface area contributed by atoms with Crippen LogP contribution in [0, 0.1) is 0 Å². The van der Waals surface area contributed by atoms with Gasteiger partial charge in [0.2, 0.25) is 0 Å². The predicted octanol–water partition coefficient (Wildman–Crippen LogP) is 1.43. The second-order valence-corrected chi connectivity index (χ2v) is 3.15. The standard InChI is InChI=1S/C8H14BrNO3/c1-4-13-8(12)10(3)6(2)7(11)5-9/h6H,4-5H2,1-3H3. The largest absolute Gasteiger partial charge is 0.450 e. The summed E-state index contributed by atoms with van der Waals surface area (Å²) in [6, 6.07) is -0.446. The Morgan fingerprint density at radius 1 is 1.54 bits per heavy atom. The molecule has 5 heteroatoms. The molecule has 1 amide bonds. The lowest BCUT2D eigenvalue weighted by atomic mass is 10.2. The fraction of sp³-hybridized carbons (Fsp3) is 0.750. The number of Topliss-reactive ketones (excluding diaryl/α,β-unsaturated/α-hetero) is 1. The smallest absolute Gasteiger partial charge is 0.410 e. The van der Waals surface area contributed by atoms with E-state index in [1.807, 2.05) is 0 Å². The van der Waals surface area contributed by atoms with E-state index in [2.05, 4.69) is 15.9 Å². The Labute approximate surface area is 86.4 Å². The van der Waals surface area contributed by atoms with Gasteiger partial charge in [-0.05, 0) is 13.8 Å². The van der Waals surface area contributed by atoms with Crippen LogP contribution in [0.5, 0.6) is 0 Å². The molecule has 4 nitrogen and oxygen atoms in total. The monoisotopic (exact) mass is 251 g/mol. The Balaban J connectivity index is 4.16. The minimum absolute atomic E-state index is 0.0458. The molecule has 0 aromatic rings. The Kier molecular flexibility index (Phi) is 5.70. The van der Waals surface area contributed by atoms with Crippen molar-refractivity contribution in [2.45, 2.75) is 19.9 Å². The molecule has 0 saturated carbocycles. The molecule has 0 aromatic heterocycles. The van der Waals surface area contributed by atoms with E-state index in [4.69, 9.17) is 4.74 Å². The number of carbonyl (C=O) groups is 2. The van der Waals surface area contributed by atoms with Gasteiger partial charge in [0.1, 0.15) is 0 Å². The zero-order valence-corrected chi connectivity index (χ0v) is 9.63. The second-order valence-electron chi connectivity index (χ2n) is 2.59. The van der Waals surface area contributed by atoms with Gasteiger partial charge in [-0.2, -0.15) is 0 Å². The molecular formula is C8H14BrNO3. The van der Waals surface area contributed by atoms with E-state index in [1.54, 1.807) is 20.9 Å². The quantitative estimate of drug-likeness (QED) is 0.711. The molecule has 0 fully saturated rings. The summed E-state index contributed by atoms with van der Waals surface area (Å²) in [5.74, 6) is -0.0458. The van der Waals surface area contributed by atoms with Crippen molar-refractivity contribution in [2.75, 3.05) is 19.0 Å². The Morgan fingerprint density at radius 3 is 2.46 bits per heavy atom. The summed E-state index contributed by atoms with van der Waals surface area (Å²) in [6.07, 6.45) is -0.468. The summed E-state index contributed by atoms with van der Waals surface area (Å²) >= 11 is 3.04. The summed E-state index contributed by atoms with van der Waals surface area (Å²) < 4.78 is 4.74. The number of carbonyl (C=O) groups excluding carboxylic acids is 2. The SMILES string of the molecule is CCOC(=O)N(C)C(C)C(=O)CBr. The van der Waals surface area contributed by atoms with Gasteiger partial charge in [-0.25, -0.2) is 4.79 Å². The lowest BCUT2D eigenvalue weighted by Gasteiger charge is -2.22. The normalized spacial score (nSPS) is 12.0. The summed E-state index contributed by atoms with van der Waals surface area (Å²) in [5, 5.41) is 0.248. The third-order valence-corrected chi connectivity index (χ3v) is 2.29. The molecule has 0 saturated heterocycles. The Hall–Kier alpha value is -0.580. The zero-order chi connectivity index (χ0) is 10.4. The highest BCUT2D eigenvalue weighted by Gasteiger charge is 2.21. The van der Waals surface area contributed by atoms with Crippen molar-refractivity contribution in [3.8, 4) is 0 Å². The van der Waals surface area contributed by atoms with E-state index in [9.17, 15) is 9.59 Å². The van der Waals surface area contributed by atoms with Crippen molar-refractivity contribution in [1.29, 1.82) is 0 Å². The maximum atomic E-state index is 11.2. The first-order valence-corrected chi connectivity index (χ1v) is 5.15. The van der Waals surface area contributed by atoms with Gasteiger partial charge in [-0.1, -0.05) is 15.9 Å². The maximum absolute atomic E-state index is 11.2. The maximum Gasteiger partial charge on any atom is 0.410 e. The van der Waals surface area contributed by atoms with E-state index in [0.29, 0.717) is 6.61 Å². The second kappa shape index (κ2) is 5.96. The number of hydrogen-bond acceptors (Lipinski definition) is 3. The number of ether oxygens (including phenoxy) is 1. The highest BCUT2D eigenvalue weighted by atomic mass is 79.9. The van der Waals surface area contributed by atoms with Crippen LogP contribution in [0.3, 0.4) is 0 Å². The number of ketones is 1. The Morgan fingerprint density at radius 2 is 2.08 bits per heavy atom. The lowest BCUT2D eigenvalue weighted by Crippen LogP contribution is -2.41. The van der Waals surface area contributed by atoms with Crippen LogP contribution in [0.1, 0.15) is 13.8 Å². The highest BCUT2D eigenvalue weighted by Crippen LogP contribution is 2.01. The fourth-order valence-corrected chi connectivity index (χ4v) is 1.18. The van der Waals surface area contributed by atoms with Crippen LogP contribution in [-0.4, -0.2) is 41.8 Å². The molecule has 0 aromatic carbocycles. The molecule has 1 unspecified atom stereocenters. The van der Waals surface area contributed by atoms with Gasteiger partial charge in [-0.3, -0.25) is 4.79 Å². The highest BCUT2D eigenvalue weighted by molar-refractivity contribution is 9.09. The molecule has 0 heterocycles. The number of likely N-dealkylation sites (N-methyl/N-ethyl adjacent to an activating group) is 1. The van der Waals surface area contributed by atoms with Crippen molar-refractivity contribution < 1.29 is 14.3 Å². The van der Waals surface area contributed by atoms with E-state index >= 15 is 0 Å². The topological polar surface area (TPSA) is 46.6 Å². The molecular weight excluding hydrogens is 238 g/mol. The van der Waals surface area contributed by atoms with Gasteiger partial charge in [0.05, 0.1) is 18.0 Å². The van der Waals surface area contributed by atoms with Gasteiger partial charge in [-0.15, -0.1) is 0 Å². The third-order valence-electron chi connectivity index (χ3n) is 1.73. The number of alkyl halides is 1. The number of nitrogens with zero attached hydrogens (tertiary/aromatic N) is 1. The van der Waals surface area contributed by atoms with Crippen LogP contribution in [0.2, 0.25) is 0 Å². The van der Waals surface area contributed by atoms with Crippen molar-refractivity contribution in [3.63, 3.8) is 0 Å². The van der Waals surface area contributed by atoms with Crippen LogP contribution >= 0.6 is 15.9 Å². The number of rotatable bonds is 4. The van der Waals surface area contributed by atoms with Crippen LogP contribution in [0.15, 0.2) is 0 Å². The molecule has 0 aliphatic rings. The zero-order valence-electron chi connectivity index (χ0n) is 8.04. The molecule has 1 atom stereocenters. The van der Waals surface area contributed by atoms with Gasteiger partial charge in [0, 0.05) is 7.05 Å². The molecule has 0 rings (SSSR count). The summed E-state index contributed by atoms with van der Waals surface area (Å²) in [4.78, 5) is 23.6. The molecule has 0 N–H and O–H groups in total. The summed E-state index contributed by atoms with van der Waals surface area (Å²) in [7, 11) is 1.54. The molecule has 0 spiro atoms. The third kappa shape index (κ3) is 3.76. The lowest BCUT2D eigenvalue weighted by molar-refractivity contribution is -0.120. The van der Waals surface area contributed by atoms with Gasteiger partial charge in [0.15, 0.2) is 5.78 Å². The van der Waals surface area contributed by atoms with Crippen molar-refractivity contribution in [1.82, 2.24) is 4.90 Å². The number of halogens is 1. The Bertz CT molecular complexity index is 196. The molecule has 76 valence electrons. The van der Waals surface area contributed by atoms with Gasteiger partial charge < -0.3 is 9.64 Å². The average molecular weight is 252 g/mol. The van der Waals surface area contributed by atoms with E-state index in [0.717, 1.165) is 0 Å². The van der Waals surface area contributed by atoms with E-state index in [1.165, 1.54) is 4.90 Å². The van der Waals surface area contributed by atoms with Crippen molar-refractivity contribution in [3.05, 3.63) is 0 Å². The number of hydrogen-bond donors (Lipinski definition) is 0. The number of amides is 1. The van der Waals surface area contributed by atoms with E-state index in [-0.39, 0.29) is 11.1 Å². The van der Waals surface area contributed by atoms with Crippen LogP contribution < -0.4 is 0 Å². The van der Waals surface area contributed by atoms with Crippen molar-refractivity contribution >= 4 is 27.8 Å². The van der Waals surface area contributed by atoms with E-state index < -0.39 is 12.1 Å². The molecule has 0 bridgehead atoms. The van der Waals surface area contributed by atoms with Crippen LogP contribution in [-0.2, 0) is 9.53 Å². The van der Waals surface area contributed by atoms with Crippen LogP contribution in [0.4, 0.5) is 4.79 Å². The molecule has 0 aliphatic carbocycles. The van der Waals surface area contributed by atoms with Crippen molar-refractivity contribution in [2.24, 2.45) is 0 Å². The molecule has 0 radical (unpaired) electrons. The van der Waals surface area contributed by atoms with Gasteiger partial charge in [0.25, 0.3) is 0 Å². The first kappa shape index (κ1) is 12.4. The minimum atomic E-state index is -0.468. The summed E-state index contributed by atoms with van der Waals surface area (Å²) in [5.41, 5.74) is 0. The minimum Gasteiger partial charge on any atom is -0.450 e. The fourth-order valence-electron chi connectivity index (χ4n) is 0.711.